The van der Waals surface area contributed by atoms with Gasteiger partial charge in [-0.1, -0.05) is 47.6 Å². The maximum absolute atomic E-state index is 5.64. The Bertz CT molecular complexity index is 857. The molecule has 4 rings (SSSR count). The first-order chi connectivity index (χ1) is 11.8. The van der Waals surface area contributed by atoms with Gasteiger partial charge in [0, 0.05) is 17.7 Å². The zero-order valence-corrected chi connectivity index (χ0v) is 14.8. The maximum Gasteiger partial charge on any atom is 0.237 e. The van der Waals surface area contributed by atoms with E-state index >= 15 is 0 Å². The molecule has 0 bridgehead atoms. The third-order valence-electron chi connectivity index (χ3n) is 4.66. The van der Waals surface area contributed by atoms with Gasteiger partial charge in [-0.25, -0.2) is 0 Å². The Morgan fingerprint density at radius 1 is 1.12 bits per heavy atom. The van der Waals surface area contributed by atoms with Crippen LogP contribution in [0.3, 0.4) is 0 Å². The molecule has 1 aliphatic carbocycles. The van der Waals surface area contributed by atoms with E-state index in [1.807, 2.05) is 42.5 Å². The van der Waals surface area contributed by atoms with Crippen LogP contribution < -0.4 is 10.5 Å². The Morgan fingerprint density at radius 2 is 1.84 bits per heavy atom. The summed E-state index contributed by atoms with van der Waals surface area (Å²) in [5.74, 6) is 2.13. The average Bonchev–Trinajstić information content (AvgIpc) is 3.31. The quantitative estimate of drug-likeness (QED) is 0.753. The van der Waals surface area contributed by atoms with E-state index in [1.165, 1.54) is 0 Å². The third kappa shape index (κ3) is 3.01. The fraction of sp³-hybridized carbons (Fsp3) is 0.263. The molecular formula is C19H20ClN3O2. The number of ether oxygens (including phenoxy) is 1. The summed E-state index contributed by atoms with van der Waals surface area (Å²) >= 11 is 0. The van der Waals surface area contributed by atoms with E-state index in [0.717, 1.165) is 35.3 Å². The van der Waals surface area contributed by atoms with E-state index in [9.17, 15) is 0 Å². The Kier molecular flexibility index (Phi) is 4.79. The van der Waals surface area contributed by atoms with Crippen LogP contribution >= 0.6 is 12.4 Å². The highest BCUT2D eigenvalue weighted by Gasteiger charge is 2.52. The van der Waals surface area contributed by atoms with Gasteiger partial charge < -0.3 is 15.0 Å². The maximum atomic E-state index is 5.64. The molecule has 5 nitrogen and oxygen atoms in total. The van der Waals surface area contributed by atoms with E-state index in [0.29, 0.717) is 18.3 Å². The lowest BCUT2D eigenvalue weighted by atomic mass is 9.95. The minimum Gasteiger partial charge on any atom is -0.496 e. The van der Waals surface area contributed by atoms with Crippen LogP contribution in [0.15, 0.2) is 53.1 Å². The van der Waals surface area contributed by atoms with Gasteiger partial charge >= 0.3 is 0 Å². The Labute approximate surface area is 152 Å². The molecule has 6 heteroatoms. The zero-order valence-electron chi connectivity index (χ0n) is 13.9. The summed E-state index contributed by atoms with van der Waals surface area (Å²) in [5, 5.41) is 4.17. The second-order valence-electron chi connectivity index (χ2n) is 6.11. The molecular weight excluding hydrogens is 338 g/mol. The number of nitrogens with zero attached hydrogens (tertiary/aromatic N) is 2. The van der Waals surface area contributed by atoms with Crippen LogP contribution in [0.1, 0.15) is 29.9 Å². The van der Waals surface area contributed by atoms with Gasteiger partial charge in [-0.15, -0.1) is 12.4 Å². The minimum atomic E-state index is -0.213. The Balaban J connectivity index is 0.00000182. The van der Waals surface area contributed by atoms with Crippen LogP contribution in [0.25, 0.3) is 11.4 Å². The molecule has 0 amide bonds. The molecule has 1 aliphatic rings. The molecule has 130 valence electrons. The number of methoxy groups -OCH3 is 1. The number of rotatable bonds is 5. The van der Waals surface area contributed by atoms with Crippen molar-refractivity contribution >= 4 is 12.4 Å². The highest BCUT2D eigenvalue weighted by atomic mass is 35.5. The van der Waals surface area contributed by atoms with Crippen molar-refractivity contribution < 1.29 is 9.26 Å². The lowest BCUT2D eigenvalue weighted by molar-refractivity contribution is 0.352. The molecule has 2 N–H and O–H groups in total. The van der Waals surface area contributed by atoms with Crippen molar-refractivity contribution in [3.8, 4) is 17.1 Å². The van der Waals surface area contributed by atoms with Gasteiger partial charge in [0.1, 0.15) is 5.75 Å². The number of benzene rings is 2. The molecule has 3 aromatic rings. The molecule has 0 radical (unpaired) electrons. The van der Waals surface area contributed by atoms with Crippen molar-refractivity contribution in [1.29, 1.82) is 0 Å². The average molecular weight is 358 g/mol. The number of halogens is 1. The molecule has 0 spiro atoms. The van der Waals surface area contributed by atoms with Crippen LogP contribution in [0, 0.1) is 0 Å². The molecule has 2 aromatic carbocycles. The Morgan fingerprint density at radius 3 is 2.48 bits per heavy atom. The van der Waals surface area contributed by atoms with E-state index in [2.05, 4.69) is 16.2 Å². The molecule has 0 saturated heterocycles. The number of nitrogens with two attached hydrogens (primary N) is 1. The second-order valence-corrected chi connectivity index (χ2v) is 6.11. The monoisotopic (exact) mass is 357 g/mol. The normalized spacial score (nSPS) is 14.6. The molecule has 25 heavy (non-hydrogen) atoms. The first-order valence-electron chi connectivity index (χ1n) is 8.04. The van der Waals surface area contributed by atoms with E-state index in [4.69, 9.17) is 15.0 Å². The summed E-state index contributed by atoms with van der Waals surface area (Å²) in [5.41, 5.74) is 8.54. The molecule has 1 saturated carbocycles. The second kappa shape index (κ2) is 6.86. The van der Waals surface area contributed by atoms with Crippen molar-refractivity contribution in [2.75, 3.05) is 7.11 Å². The Hall–Kier alpha value is -2.37. The molecule has 0 unspecified atom stereocenters. The van der Waals surface area contributed by atoms with Gasteiger partial charge in [0.25, 0.3) is 0 Å². The third-order valence-corrected chi connectivity index (χ3v) is 4.66. The van der Waals surface area contributed by atoms with E-state index in [-0.39, 0.29) is 17.8 Å². The predicted octanol–water partition coefficient (Wildman–Crippen LogP) is 3.71. The molecule has 0 atom stereocenters. The number of hydrogen-bond donors (Lipinski definition) is 1. The standard InChI is InChI=1S/C19H19N3O2.ClH/c1-23-16-5-3-2-4-15(16)19(10-11-19)18-21-17(22-24-18)14-8-6-13(12-20)7-9-14;/h2-9H,10-12,20H2,1H3;1H. The van der Waals surface area contributed by atoms with Gasteiger partial charge in [0.2, 0.25) is 11.7 Å². The first kappa shape index (κ1) is 17.5. The molecule has 1 fully saturated rings. The number of hydrogen-bond acceptors (Lipinski definition) is 5. The van der Waals surface area contributed by atoms with Crippen molar-refractivity contribution in [1.82, 2.24) is 10.1 Å². The molecule has 1 heterocycles. The number of para-hydroxylation sites is 1. The lowest BCUT2D eigenvalue weighted by Gasteiger charge is -2.14. The summed E-state index contributed by atoms with van der Waals surface area (Å²) in [6, 6.07) is 15.9. The fourth-order valence-electron chi connectivity index (χ4n) is 3.09. The van der Waals surface area contributed by atoms with Gasteiger partial charge in [-0.05, 0) is 24.5 Å². The zero-order chi connectivity index (χ0) is 16.6. The topological polar surface area (TPSA) is 74.2 Å². The highest BCUT2D eigenvalue weighted by Crippen LogP contribution is 2.55. The fourth-order valence-corrected chi connectivity index (χ4v) is 3.09. The highest BCUT2D eigenvalue weighted by molar-refractivity contribution is 5.85. The van der Waals surface area contributed by atoms with Crippen LogP contribution in [-0.2, 0) is 12.0 Å². The first-order valence-corrected chi connectivity index (χ1v) is 8.04. The smallest absolute Gasteiger partial charge is 0.237 e. The summed E-state index contributed by atoms with van der Waals surface area (Å²) < 4.78 is 11.1. The van der Waals surface area contributed by atoms with Crippen LogP contribution in [-0.4, -0.2) is 17.3 Å². The largest absolute Gasteiger partial charge is 0.496 e. The van der Waals surface area contributed by atoms with Crippen LogP contribution in [0.5, 0.6) is 5.75 Å². The van der Waals surface area contributed by atoms with E-state index in [1.54, 1.807) is 7.11 Å². The van der Waals surface area contributed by atoms with Gasteiger partial charge in [0.05, 0.1) is 12.5 Å². The van der Waals surface area contributed by atoms with Crippen molar-refractivity contribution in [2.24, 2.45) is 5.73 Å². The van der Waals surface area contributed by atoms with Crippen LogP contribution in [0.2, 0.25) is 0 Å². The number of aromatic nitrogens is 2. The predicted molar refractivity (Wildman–Crippen MR) is 97.9 cm³/mol. The summed E-state index contributed by atoms with van der Waals surface area (Å²) in [6.07, 6.45) is 1.97. The molecule has 0 aliphatic heterocycles. The summed E-state index contributed by atoms with van der Waals surface area (Å²) in [6.45, 7) is 0.523. The van der Waals surface area contributed by atoms with Crippen molar-refractivity contribution in [2.45, 2.75) is 24.8 Å². The van der Waals surface area contributed by atoms with E-state index < -0.39 is 0 Å². The van der Waals surface area contributed by atoms with Crippen LogP contribution in [0.4, 0.5) is 0 Å². The summed E-state index contributed by atoms with van der Waals surface area (Å²) in [7, 11) is 1.69. The van der Waals surface area contributed by atoms with Gasteiger partial charge in [-0.3, -0.25) is 0 Å². The van der Waals surface area contributed by atoms with Gasteiger partial charge in [0.15, 0.2) is 0 Å². The minimum absolute atomic E-state index is 0. The van der Waals surface area contributed by atoms with Crippen molar-refractivity contribution in [3.05, 3.63) is 65.5 Å². The summed E-state index contributed by atoms with van der Waals surface area (Å²) in [4.78, 5) is 4.66. The molecule has 1 aromatic heterocycles. The van der Waals surface area contributed by atoms with Crippen molar-refractivity contribution in [3.63, 3.8) is 0 Å². The lowest BCUT2D eigenvalue weighted by Crippen LogP contribution is -2.10. The van der Waals surface area contributed by atoms with Gasteiger partial charge in [-0.2, -0.15) is 4.98 Å². The SMILES string of the molecule is COc1ccccc1C1(c2nc(-c3ccc(CN)cc3)no2)CC1.Cl.